The van der Waals surface area contributed by atoms with Crippen molar-refractivity contribution in [3.05, 3.63) is 70.7 Å². The first kappa shape index (κ1) is 21.0. The molecule has 0 bridgehead atoms. The van der Waals surface area contributed by atoms with E-state index in [4.69, 9.17) is 9.47 Å². The summed E-state index contributed by atoms with van der Waals surface area (Å²) in [6.45, 7) is 0.837. The molecule has 1 unspecified atom stereocenters. The zero-order valence-electron chi connectivity index (χ0n) is 18.0. The maximum Gasteiger partial charge on any atom is 0.301 e. The van der Waals surface area contributed by atoms with Crippen molar-refractivity contribution >= 4 is 39.6 Å². The van der Waals surface area contributed by atoms with Crippen molar-refractivity contribution in [3.8, 4) is 11.5 Å². The second-order valence-electron chi connectivity index (χ2n) is 7.83. The van der Waals surface area contributed by atoms with Crippen LogP contribution in [0, 0.1) is 0 Å². The molecule has 33 heavy (non-hydrogen) atoms. The van der Waals surface area contributed by atoms with E-state index in [1.54, 1.807) is 29.8 Å². The van der Waals surface area contributed by atoms with Gasteiger partial charge < -0.3 is 19.5 Å². The number of rotatable bonds is 4. The van der Waals surface area contributed by atoms with E-state index >= 15 is 0 Å². The van der Waals surface area contributed by atoms with Crippen molar-refractivity contribution in [2.75, 3.05) is 37.1 Å². The number of fused-ring (bicyclic) bond motifs is 1. The fourth-order valence-electron chi connectivity index (χ4n) is 3.98. The van der Waals surface area contributed by atoms with Crippen molar-refractivity contribution in [3.63, 3.8) is 0 Å². The molecule has 2 aliphatic rings. The van der Waals surface area contributed by atoms with Gasteiger partial charge >= 0.3 is 5.91 Å². The summed E-state index contributed by atoms with van der Waals surface area (Å²) in [6, 6.07) is 11.6. The Labute approximate surface area is 194 Å². The Kier molecular flexibility index (Phi) is 5.26. The quantitative estimate of drug-likeness (QED) is 0.359. The average Bonchev–Trinajstić information content (AvgIpc) is 3.45. The van der Waals surface area contributed by atoms with E-state index in [1.165, 1.54) is 16.2 Å². The molecule has 1 amide bonds. The van der Waals surface area contributed by atoms with Crippen LogP contribution in [-0.4, -0.2) is 49.1 Å². The van der Waals surface area contributed by atoms with Crippen LogP contribution in [0.25, 0.3) is 5.76 Å². The summed E-state index contributed by atoms with van der Waals surface area (Å²) in [5, 5.41) is 13.4. The van der Waals surface area contributed by atoms with Gasteiger partial charge in [-0.2, -0.15) is 0 Å². The number of thiazole rings is 1. The topological polar surface area (TPSA) is 92.2 Å². The Morgan fingerprint density at radius 1 is 1.09 bits per heavy atom. The minimum Gasteiger partial charge on any atom is -0.507 e. The summed E-state index contributed by atoms with van der Waals surface area (Å²) in [6.07, 6.45) is 1.58. The molecule has 0 radical (unpaired) electrons. The van der Waals surface area contributed by atoms with E-state index in [1.807, 2.05) is 43.3 Å². The van der Waals surface area contributed by atoms with Gasteiger partial charge in [0.25, 0.3) is 5.78 Å². The van der Waals surface area contributed by atoms with Gasteiger partial charge in [-0.1, -0.05) is 12.1 Å². The van der Waals surface area contributed by atoms with Crippen LogP contribution < -0.4 is 19.3 Å². The molecule has 2 aromatic carbocycles. The van der Waals surface area contributed by atoms with Crippen LogP contribution in [-0.2, 0) is 9.59 Å². The molecule has 0 aliphatic carbocycles. The molecule has 0 spiro atoms. The van der Waals surface area contributed by atoms with Crippen LogP contribution in [0.5, 0.6) is 11.5 Å². The lowest BCUT2D eigenvalue weighted by atomic mass is 9.95. The van der Waals surface area contributed by atoms with Crippen molar-refractivity contribution in [2.24, 2.45) is 0 Å². The standard InChI is InChI=1S/C24H21N3O5S/c1-26(2)16-6-3-14(4-7-16)20-19(22(29)23(30)27(20)24-25-9-12-33-24)21(28)15-5-8-17-18(13-15)32-11-10-31-17/h3-9,12-13,20,28H,10-11H2,1-2H3. The highest BCUT2D eigenvalue weighted by Gasteiger charge is 2.48. The second kappa shape index (κ2) is 8.25. The Bertz CT molecular complexity index is 1250. The normalized spacial score (nSPS) is 19.1. The Morgan fingerprint density at radius 2 is 1.82 bits per heavy atom. The van der Waals surface area contributed by atoms with E-state index < -0.39 is 17.7 Å². The number of Topliss-reactive ketones (excluding diaryl/α,β-unsaturated/α-hetero) is 1. The summed E-state index contributed by atoms with van der Waals surface area (Å²) in [4.78, 5) is 33.8. The monoisotopic (exact) mass is 463 g/mol. The van der Waals surface area contributed by atoms with Gasteiger partial charge in [0.2, 0.25) is 0 Å². The molecule has 1 saturated heterocycles. The Balaban J connectivity index is 1.66. The molecule has 5 rings (SSSR count). The average molecular weight is 464 g/mol. The minimum atomic E-state index is -0.819. The first-order valence-corrected chi connectivity index (χ1v) is 11.2. The number of amides is 1. The molecule has 1 N–H and O–H groups in total. The lowest BCUT2D eigenvalue weighted by molar-refractivity contribution is -0.132. The van der Waals surface area contributed by atoms with Crippen LogP contribution >= 0.6 is 11.3 Å². The third kappa shape index (κ3) is 3.60. The van der Waals surface area contributed by atoms with Crippen LogP contribution in [0.3, 0.4) is 0 Å². The molecule has 3 heterocycles. The van der Waals surface area contributed by atoms with Gasteiger partial charge in [-0.25, -0.2) is 4.98 Å². The van der Waals surface area contributed by atoms with Gasteiger partial charge in [0.1, 0.15) is 19.0 Å². The molecule has 2 aliphatic heterocycles. The number of benzene rings is 2. The van der Waals surface area contributed by atoms with Gasteiger partial charge in [-0.3, -0.25) is 14.5 Å². The maximum atomic E-state index is 13.2. The number of hydrogen-bond donors (Lipinski definition) is 1. The molecule has 0 saturated carbocycles. The molecular weight excluding hydrogens is 442 g/mol. The molecule has 3 aromatic rings. The van der Waals surface area contributed by atoms with Crippen molar-refractivity contribution in [1.29, 1.82) is 0 Å². The molecule has 1 fully saturated rings. The van der Waals surface area contributed by atoms with E-state index in [0.29, 0.717) is 41.0 Å². The highest BCUT2D eigenvalue weighted by Crippen LogP contribution is 2.43. The Hall–Kier alpha value is -3.85. The lowest BCUT2D eigenvalue weighted by Crippen LogP contribution is -2.29. The van der Waals surface area contributed by atoms with Gasteiger partial charge in [0.05, 0.1) is 11.6 Å². The predicted octanol–water partition coefficient (Wildman–Crippen LogP) is 3.61. The molecule has 1 atom stereocenters. The lowest BCUT2D eigenvalue weighted by Gasteiger charge is -2.24. The van der Waals surface area contributed by atoms with Crippen LogP contribution in [0.15, 0.2) is 59.6 Å². The fraction of sp³-hybridized carbons (Fsp3) is 0.208. The number of carbonyl (C=O) groups is 2. The highest BCUT2D eigenvalue weighted by atomic mass is 32.1. The number of aliphatic hydroxyl groups is 1. The number of nitrogens with zero attached hydrogens (tertiary/aromatic N) is 3. The Morgan fingerprint density at radius 3 is 2.48 bits per heavy atom. The second-order valence-corrected chi connectivity index (χ2v) is 8.70. The SMILES string of the molecule is CN(C)c1ccc(C2C(=C(O)c3ccc4c(c3)OCCO4)C(=O)C(=O)N2c2nccs2)cc1. The van der Waals surface area contributed by atoms with E-state index in [2.05, 4.69) is 4.98 Å². The van der Waals surface area contributed by atoms with Crippen molar-refractivity contribution < 1.29 is 24.2 Å². The molecular formula is C24H21N3O5S. The summed E-state index contributed by atoms with van der Waals surface area (Å²) in [7, 11) is 3.86. The number of aromatic nitrogens is 1. The molecule has 1 aromatic heterocycles. The van der Waals surface area contributed by atoms with Crippen LogP contribution in [0.4, 0.5) is 10.8 Å². The number of carbonyl (C=O) groups excluding carboxylic acids is 2. The van der Waals surface area contributed by atoms with E-state index in [-0.39, 0.29) is 11.3 Å². The predicted molar refractivity (Wildman–Crippen MR) is 125 cm³/mol. The van der Waals surface area contributed by atoms with E-state index in [0.717, 1.165) is 5.69 Å². The maximum absolute atomic E-state index is 13.2. The van der Waals surface area contributed by atoms with Crippen molar-refractivity contribution in [1.82, 2.24) is 4.98 Å². The summed E-state index contributed by atoms with van der Waals surface area (Å²) < 4.78 is 11.2. The fourth-order valence-corrected chi connectivity index (χ4v) is 4.65. The third-order valence-electron chi connectivity index (χ3n) is 5.61. The third-order valence-corrected chi connectivity index (χ3v) is 6.38. The number of ketones is 1. The minimum absolute atomic E-state index is 0.00415. The summed E-state index contributed by atoms with van der Waals surface area (Å²) >= 11 is 1.25. The zero-order valence-corrected chi connectivity index (χ0v) is 18.8. The first-order chi connectivity index (χ1) is 16.0. The molecule has 168 valence electrons. The number of anilines is 2. The van der Waals surface area contributed by atoms with E-state index in [9.17, 15) is 14.7 Å². The summed E-state index contributed by atoms with van der Waals surface area (Å²) in [5.74, 6) is -0.723. The first-order valence-electron chi connectivity index (χ1n) is 10.3. The van der Waals surface area contributed by atoms with Crippen LogP contribution in [0.1, 0.15) is 17.2 Å². The number of ether oxygens (including phenoxy) is 2. The van der Waals surface area contributed by atoms with Gasteiger partial charge in [-0.05, 0) is 35.9 Å². The van der Waals surface area contributed by atoms with Crippen LogP contribution in [0.2, 0.25) is 0 Å². The van der Waals surface area contributed by atoms with Gasteiger partial charge in [0.15, 0.2) is 16.6 Å². The van der Waals surface area contributed by atoms with Crippen molar-refractivity contribution in [2.45, 2.75) is 6.04 Å². The van der Waals surface area contributed by atoms with Gasteiger partial charge in [-0.15, -0.1) is 11.3 Å². The van der Waals surface area contributed by atoms with Gasteiger partial charge in [0, 0.05) is 36.9 Å². The highest BCUT2D eigenvalue weighted by molar-refractivity contribution is 7.14. The number of hydrogen-bond acceptors (Lipinski definition) is 8. The largest absolute Gasteiger partial charge is 0.507 e. The number of aliphatic hydroxyl groups excluding tert-OH is 1. The summed E-state index contributed by atoms with van der Waals surface area (Å²) in [5.41, 5.74) is 2.03. The molecule has 8 nitrogen and oxygen atoms in total. The zero-order chi connectivity index (χ0) is 23.1. The smallest absolute Gasteiger partial charge is 0.301 e. The molecule has 9 heteroatoms.